The molecule has 11 nitrogen and oxygen atoms in total. The van der Waals surface area contributed by atoms with Gasteiger partial charge in [-0.15, -0.1) is 0 Å². The van der Waals surface area contributed by atoms with Gasteiger partial charge >= 0.3 is 18.1 Å². The van der Waals surface area contributed by atoms with Gasteiger partial charge in [-0.05, 0) is 38.7 Å². The molecule has 234 valence electrons. The van der Waals surface area contributed by atoms with Gasteiger partial charge in [-0.2, -0.15) is 13.2 Å². The quantitative estimate of drug-likeness (QED) is 0.244. The second-order valence-electron chi connectivity index (χ2n) is 9.55. The number of nitrogens with one attached hydrogen (secondary N) is 1. The van der Waals surface area contributed by atoms with Crippen LogP contribution in [-0.4, -0.2) is 76.0 Å². The van der Waals surface area contributed by atoms with Crippen molar-refractivity contribution in [2.75, 3.05) is 19.7 Å². The van der Waals surface area contributed by atoms with Crippen molar-refractivity contribution >= 4 is 29.5 Å². The Morgan fingerprint density at radius 3 is 2.43 bits per heavy atom. The lowest BCUT2D eigenvalue weighted by Crippen LogP contribution is -2.44. The van der Waals surface area contributed by atoms with E-state index in [2.05, 4.69) is 5.32 Å². The minimum atomic E-state index is -4.32. The van der Waals surface area contributed by atoms with Crippen molar-refractivity contribution in [2.45, 2.75) is 78.1 Å². The Balaban J connectivity index is 0.00000882. The van der Waals surface area contributed by atoms with E-state index in [-0.39, 0.29) is 64.8 Å². The topological polar surface area (TPSA) is 152 Å². The minimum Gasteiger partial charge on any atom is -0.481 e. The van der Waals surface area contributed by atoms with Crippen molar-refractivity contribution in [1.29, 1.82) is 0 Å². The third-order valence-electron chi connectivity index (χ3n) is 6.53. The van der Waals surface area contributed by atoms with Gasteiger partial charge in [0, 0.05) is 43.8 Å². The molecule has 0 radical (unpaired) electrons. The second-order valence-corrected chi connectivity index (χ2v) is 9.55. The number of likely N-dealkylation sites (tertiary alicyclic amines) is 1. The Labute approximate surface area is 241 Å². The van der Waals surface area contributed by atoms with E-state index in [9.17, 15) is 41.9 Å². The van der Waals surface area contributed by atoms with Crippen molar-refractivity contribution < 1.29 is 47.0 Å². The zero-order chi connectivity index (χ0) is 30.6. The van der Waals surface area contributed by atoms with Gasteiger partial charge in [0.25, 0.3) is 5.56 Å². The van der Waals surface area contributed by atoms with Gasteiger partial charge in [0.15, 0.2) is 5.78 Å². The van der Waals surface area contributed by atoms with Crippen molar-refractivity contribution in [3.8, 4) is 0 Å². The molecule has 42 heavy (non-hydrogen) atoms. The summed E-state index contributed by atoms with van der Waals surface area (Å²) in [6.45, 7) is 1.25. The van der Waals surface area contributed by atoms with Gasteiger partial charge in [-0.25, -0.2) is 4.79 Å². The van der Waals surface area contributed by atoms with E-state index in [1.165, 1.54) is 35.4 Å². The maximum Gasteiger partial charge on any atom is 0.391 e. The van der Waals surface area contributed by atoms with Crippen LogP contribution in [0.2, 0.25) is 0 Å². The molecule has 2 amide bonds. The molecule has 2 N–H and O–H groups in total. The molecule has 1 aromatic heterocycles. The van der Waals surface area contributed by atoms with Gasteiger partial charge in [0.05, 0.1) is 25.0 Å². The Hall–Kier alpha value is -3.97. The summed E-state index contributed by atoms with van der Waals surface area (Å²) < 4.78 is 44.6. The van der Waals surface area contributed by atoms with Crippen LogP contribution in [0.5, 0.6) is 0 Å². The van der Waals surface area contributed by atoms with Crippen molar-refractivity contribution in [3.05, 3.63) is 46.4 Å². The van der Waals surface area contributed by atoms with Gasteiger partial charge in [0.1, 0.15) is 6.54 Å². The standard InChI is InChI=1S/C27H34F3N3O8.CH4/c1-2-41-25(39)8-4-3-7-20(31-22(35)9-10-24(37)38)21(34)16-18-6-5-13-33(26(18)40)17-23(36)32-14-11-19(12-15-32)27(28,29)30;/h4-6,8,13,19-20H,2-3,7,9-12,14-17H2,1H3,(H,31,35)(H,37,38);1H4/b8-4+;/t20-;/m0./s1. The summed E-state index contributed by atoms with van der Waals surface area (Å²) in [6, 6.07) is 1.75. The maximum absolute atomic E-state index is 13.1. The number of ketones is 1. The van der Waals surface area contributed by atoms with Gasteiger partial charge in [-0.3, -0.25) is 24.0 Å². The molecule has 1 aliphatic heterocycles. The number of allylic oxidation sites excluding steroid dienone is 1. The van der Waals surface area contributed by atoms with Crippen LogP contribution in [0, 0.1) is 5.92 Å². The summed E-state index contributed by atoms with van der Waals surface area (Å²) in [7, 11) is 0. The molecular weight excluding hydrogens is 563 g/mol. The fraction of sp³-hybridized carbons (Fsp3) is 0.571. The fourth-order valence-electron chi connectivity index (χ4n) is 4.29. The smallest absolute Gasteiger partial charge is 0.391 e. The van der Waals surface area contributed by atoms with E-state index >= 15 is 0 Å². The van der Waals surface area contributed by atoms with E-state index in [4.69, 9.17) is 9.84 Å². The van der Waals surface area contributed by atoms with E-state index < -0.39 is 72.6 Å². The maximum atomic E-state index is 13.1. The fourth-order valence-corrected chi connectivity index (χ4v) is 4.29. The lowest BCUT2D eigenvalue weighted by atomic mass is 9.96. The van der Waals surface area contributed by atoms with Gasteiger partial charge in [0.2, 0.25) is 11.8 Å². The van der Waals surface area contributed by atoms with E-state index in [0.717, 1.165) is 4.57 Å². The summed E-state index contributed by atoms with van der Waals surface area (Å²) in [5.41, 5.74) is -0.606. The molecule has 0 bridgehead atoms. The molecule has 2 rings (SSSR count). The van der Waals surface area contributed by atoms with Crippen LogP contribution in [0.15, 0.2) is 35.3 Å². The highest BCUT2D eigenvalue weighted by molar-refractivity contribution is 5.91. The van der Waals surface area contributed by atoms with Crippen molar-refractivity contribution in [2.24, 2.45) is 5.92 Å². The Kier molecular flexibility index (Phi) is 14.7. The summed E-state index contributed by atoms with van der Waals surface area (Å²) in [5, 5.41) is 11.3. The molecule has 1 aliphatic rings. The van der Waals surface area contributed by atoms with E-state index in [1.54, 1.807) is 6.92 Å². The zero-order valence-electron chi connectivity index (χ0n) is 22.7. The first-order valence-electron chi connectivity index (χ1n) is 13.2. The zero-order valence-corrected chi connectivity index (χ0v) is 22.7. The van der Waals surface area contributed by atoms with Crippen LogP contribution in [-0.2, 0) is 41.7 Å². The summed E-state index contributed by atoms with van der Waals surface area (Å²) in [4.78, 5) is 74.5. The molecule has 0 spiro atoms. The number of carboxylic acids is 1. The Morgan fingerprint density at radius 1 is 1.17 bits per heavy atom. The number of aliphatic carboxylic acids is 1. The largest absolute Gasteiger partial charge is 0.481 e. The highest BCUT2D eigenvalue weighted by atomic mass is 19.4. The molecule has 1 atom stereocenters. The monoisotopic (exact) mass is 601 g/mol. The second kappa shape index (κ2) is 17.1. The number of amides is 2. The van der Waals surface area contributed by atoms with Crippen LogP contribution < -0.4 is 10.9 Å². The number of carbonyl (C=O) groups excluding carboxylic acids is 4. The lowest BCUT2D eigenvalue weighted by Gasteiger charge is -2.33. The molecule has 0 aliphatic carbocycles. The molecule has 0 unspecified atom stereocenters. The van der Waals surface area contributed by atoms with Crippen molar-refractivity contribution in [3.63, 3.8) is 0 Å². The average Bonchev–Trinajstić information content (AvgIpc) is 2.91. The van der Waals surface area contributed by atoms with Gasteiger partial charge in [-0.1, -0.05) is 19.6 Å². The number of pyridine rings is 1. The summed E-state index contributed by atoms with van der Waals surface area (Å²) >= 11 is 0. The minimum absolute atomic E-state index is 0. The molecule has 2 heterocycles. The average molecular weight is 602 g/mol. The number of ether oxygens (including phenoxy) is 1. The first-order chi connectivity index (χ1) is 19.3. The van der Waals surface area contributed by atoms with Crippen LogP contribution >= 0.6 is 0 Å². The normalized spacial score (nSPS) is 14.6. The summed E-state index contributed by atoms with van der Waals surface area (Å²) in [5.74, 6) is -4.98. The van der Waals surface area contributed by atoms with E-state index in [1.807, 2.05) is 0 Å². The van der Waals surface area contributed by atoms with Crippen LogP contribution in [0.1, 0.15) is 58.4 Å². The molecule has 1 aromatic rings. The molecule has 0 saturated carbocycles. The van der Waals surface area contributed by atoms with E-state index in [0.29, 0.717) is 0 Å². The third kappa shape index (κ3) is 11.9. The Bertz CT molecular complexity index is 1190. The molecule has 14 heteroatoms. The van der Waals surface area contributed by atoms with Crippen LogP contribution in [0.4, 0.5) is 13.2 Å². The number of carboxylic acid groups (broad SMARTS) is 1. The number of esters is 1. The lowest BCUT2D eigenvalue weighted by molar-refractivity contribution is -0.186. The number of Topliss-reactive ketones (excluding diaryl/α,β-unsaturated/α-hetero) is 1. The van der Waals surface area contributed by atoms with Crippen molar-refractivity contribution in [1.82, 2.24) is 14.8 Å². The number of aromatic nitrogens is 1. The predicted octanol–water partition coefficient (Wildman–Crippen LogP) is 2.65. The number of piperidine rings is 1. The third-order valence-corrected chi connectivity index (χ3v) is 6.53. The molecule has 1 saturated heterocycles. The highest BCUT2D eigenvalue weighted by Gasteiger charge is 2.41. The number of alkyl halides is 3. The summed E-state index contributed by atoms with van der Waals surface area (Å²) in [6.07, 6.45) is -1.75. The SMILES string of the molecule is C.CCOC(=O)/C=C/CC[C@H](NC(=O)CCC(=O)O)C(=O)Cc1cccn(CC(=O)N2CCC(C(F)(F)F)CC2)c1=O. The molecular formula is C28H38F3N3O8. The molecule has 1 fully saturated rings. The first-order valence-corrected chi connectivity index (χ1v) is 13.2. The number of carbonyl (C=O) groups is 5. The Morgan fingerprint density at radius 2 is 1.83 bits per heavy atom. The van der Waals surface area contributed by atoms with Gasteiger partial charge < -0.3 is 24.6 Å². The number of halogens is 3. The van der Waals surface area contributed by atoms with Crippen LogP contribution in [0.25, 0.3) is 0 Å². The first kappa shape index (κ1) is 36.1. The number of hydrogen-bond acceptors (Lipinski definition) is 7. The highest BCUT2D eigenvalue weighted by Crippen LogP contribution is 2.34. The molecule has 0 aromatic carbocycles. The number of hydrogen-bond donors (Lipinski definition) is 2. The number of nitrogens with zero attached hydrogens (tertiary/aromatic N) is 2. The van der Waals surface area contributed by atoms with Crippen LogP contribution in [0.3, 0.4) is 0 Å². The predicted molar refractivity (Wildman–Crippen MR) is 145 cm³/mol. The number of rotatable bonds is 14.